The van der Waals surface area contributed by atoms with E-state index in [-0.39, 0.29) is 29.9 Å². The molecule has 1 aliphatic heterocycles. The van der Waals surface area contributed by atoms with Crippen LogP contribution >= 0.6 is 24.0 Å². The Balaban J connectivity index is 0.00000289. The van der Waals surface area contributed by atoms with Crippen LogP contribution in [-0.2, 0) is 17.6 Å². The quantitative estimate of drug-likeness (QED) is 0.285. The summed E-state index contributed by atoms with van der Waals surface area (Å²) in [6, 6.07) is 21.1. The van der Waals surface area contributed by atoms with Gasteiger partial charge in [-0.2, -0.15) is 0 Å². The highest BCUT2D eigenvalue weighted by Gasteiger charge is 2.42. The van der Waals surface area contributed by atoms with Crippen LogP contribution in [0.25, 0.3) is 0 Å². The lowest BCUT2D eigenvalue weighted by Gasteiger charge is -2.20. The van der Waals surface area contributed by atoms with Gasteiger partial charge in [0, 0.05) is 45.6 Å². The molecular formula is C26H35IN4O. The summed E-state index contributed by atoms with van der Waals surface area (Å²) in [6.07, 6.45) is 5.18. The molecule has 1 amide bonds. The highest BCUT2D eigenvalue weighted by Crippen LogP contribution is 2.47. The van der Waals surface area contributed by atoms with Crippen molar-refractivity contribution in [2.24, 2.45) is 16.3 Å². The molecule has 32 heavy (non-hydrogen) atoms. The molecule has 1 saturated heterocycles. The number of amides is 1. The van der Waals surface area contributed by atoms with Crippen molar-refractivity contribution in [3.63, 3.8) is 0 Å². The van der Waals surface area contributed by atoms with Gasteiger partial charge in [0.2, 0.25) is 5.91 Å². The van der Waals surface area contributed by atoms with Gasteiger partial charge in [-0.05, 0) is 42.2 Å². The van der Waals surface area contributed by atoms with Crippen LogP contribution in [0.2, 0.25) is 0 Å². The number of carbonyl (C=O) groups excluding carboxylic acids is 1. The van der Waals surface area contributed by atoms with Crippen LogP contribution in [0, 0.1) is 11.3 Å². The highest BCUT2D eigenvalue weighted by atomic mass is 127. The monoisotopic (exact) mass is 546 g/mol. The molecule has 0 radical (unpaired) electrons. The number of nitrogens with one attached hydrogen (secondary N) is 2. The number of hydrogen-bond donors (Lipinski definition) is 2. The van der Waals surface area contributed by atoms with Gasteiger partial charge in [0.1, 0.15) is 0 Å². The lowest BCUT2D eigenvalue weighted by molar-refractivity contribution is -0.127. The minimum Gasteiger partial charge on any atom is -0.356 e. The van der Waals surface area contributed by atoms with E-state index in [1.165, 1.54) is 24.0 Å². The molecule has 0 spiro atoms. The van der Waals surface area contributed by atoms with Gasteiger partial charge in [-0.1, -0.05) is 60.7 Å². The van der Waals surface area contributed by atoms with E-state index in [1.54, 1.807) is 0 Å². The first-order valence-corrected chi connectivity index (χ1v) is 11.5. The average Bonchev–Trinajstić information content (AvgIpc) is 3.47. The van der Waals surface area contributed by atoms with Crippen molar-refractivity contribution in [3.8, 4) is 0 Å². The van der Waals surface area contributed by atoms with E-state index in [9.17, 15) is 4.79 Å². The number of aliphatic imine (C=N–C) groups is 1. The number of guanidine groups is 1. The summed E-state index contributed by atoms with van der Waals surface area (Å²) < 4.78 is 0. The van der Waals surface area contributed by atoms with Gasteiger partial charge >= 0.3 is 0 Å². The zero-order valence-corrected chi connectivity index (χ0v) is 21.3. The lowest BCUT2D eigenvalue weighted by Crippen LogP contribution is -2.42. The molecule has 2 aromatic carbocycles. The second kappa shape index (κ2) is 11.7. The third kappa shape index (κ3) is 6.95. The van der Waals surface area contributed by atoms with Crippen LogP contribution in [0.4, 0.5) is 0 Å². The maximum Gasteiger partial charge on any atom is 0.223 e. The fraction of sp³-hybridized carbons (Fsp3) is 0.462. The summed E-state index contributed by atoms with van der Waals surface area (Å²) in [5, 5.41) is 6.98. The summed E-state index contributed by atoms with van der Waals surface area (Å²) in [5.41, 5.74) is 3.05. The SMILES string of the molecule is CN=C(NCC1CC(=O)N(CCc2ccccc2)C1)NCC1(Cc2ccccc2)CC1.I. The van der Waals surface area contributed by atoms with Crippen molar-refractivity contribution in [1.82, 2.24) is 15.5 Å². The topological polar surface area (TPSA) is 56.7 Å². The van der Waals surface area contributed by atoms with Gasteiger partial charge in [-0.15, -0.1) is 24.0 Å². The van der Waals surface area contributed by atoms with Crippen LogP contribution < -0.4 is 10.6 Å². The number of benzene rings is 2. The van der Waals surface area contributed by atoms with Gasteiger partial charge in [0.15, 0.2) is 5.96 Å². The molecule has 1 heterocycles. The number of nitrogens with zero attached hydrogens (tertiary/aromatic N) is 2. The fourth-order valence-corrected chi connectivity index (χ4v) is 4.47. The Morgan fingerprint density at radius 1 is 1.03 bits per heavy atom. The minimum atomic E-state index is 0. The molecule has 1 unspecified atom stereocenters. The second-order valence-electron chi connectivity index (χ2n) is 9.11. The Bertz CT molecular complexity index is 883. The molecule has 2 aliphatic rings. The first kappa shape index (κ1) is 24.6. The molecule has 0 aromatic heterocycles. The fourth-order valence-electron chi connectivity index (χ4n) is 4.47. The first-order chi connectivity index (χ1) is 15.2. The molecule has 4 rings (SSSR count). The van der Waals surface area contributed by atoms with Crippen LogP contribution in [0.5, 0.6) is 0 Å². The molecule has 1 aliphatic carbocycles. The zero-order valence-electron chi connectivity index (χ0n) is 18.9. The normalized spacial score (nSPS) is 19.4. The summed E-state index contributed by atoms with van der Waals surface area (Å²) in [7, 11) is 1.82. The molecule has 0 bridgehead atoms. The van der Waals surface area contributed by atoms with Crippen LogP contribution in [0.15, 0.2) is 65.7 Å². The van der Waals surface area contributed by atoms with E-state index < -0.39 is 0 Å². The van der Waals surface area contributed by atoms with Gasteiger partial charge in [0.05, 0.1) is 0 Å². The molecular weight excluding hydrogens is 511 g/mol. The smallest absolute Gasteiger partial charge is 0.223 e. The Kier molecular flexibility index (Phi) is 8.96. The van der Waals surface area contributed by atoms with Crippen LogP contribution in [0.1, 0.15) is 30.4 Å². The van der Waals surface area contributed by atoms with Crippen molar-refractivity contribution in [2.45, 2.75) is 32.1 Å². The number of likely N-dealkylation sites (tertiary alicyclic amines) is 1. The number of carbonyl (C=O) groups is 1. The number of halogens is 1. The molecule has 1 atom stereocenters. The third-order valence-corrected chi connectivity index (χ3v) is 6.60. The number of hydrogen-bond acceptors (Lipinski definition) is 2. The molecule has 172 valence electrons. The Labute approximate surface area is 209 Å². The predicted molar refractivity (Wildman–Crippen MR) is 141 cm³/mol. The summed E-state index contributed by atoms with van der Waals surface area (Å²) >= 11 is 0. The Morgan fingerprint density at radius 3 is 2.31 bits per heavy atom. The summed E-state index contributed by atoms with van der Waals surface area (Å²) in [4.78, 5) is 18.8. The summed E-state index contributed by atoms with van der Waals surface area (Å²) in [6.45, 7) is 3.34. The summed E-state index contributed by atoms with van der Waals surface area (Å²) in [5.74, 6) is 1.45. The molecule has 2 aromatic rings. The minimum absolute atomic E-state index is 0. The highest BCUT2D eigenvalue weighted by molar-refractivity contribution is 14.0. The Hall–Kier alpha value is -2.09. The molecule has 2 fully saturated rings. The van der Waals surface area contributed by atoms with Crippen molar-refractivity contribution < 1.29 is 4.79 Å². The largest absolute Gasteiger partial charge is 0.356 e. The van der Waals surface area contributed by atoms with Crippen molar-refractivity contribution in [1.29, 1.82) is 0 Å². The number of rotatable bonds is 9. The molecule has 2 N–H and O–H groups in total. The van der Waals surface area contributed by atoms with Gasteiger partial charge in [-0.25, -0.2) is 0 Å². The van der Waals surface area contributed by atoms with Gasteiger partial charge in [0.25, 0.3) is 0 Å². The Morgan fingerprint density at radius 2 is 1.69 bits per heavy atom. The first-order valence-electron chi connectivity index (χ1n) is 11.5. The van der Waals surface area contributed by atoms with E-state index in [2.05, 4.69) is 70.2 Å². The van der Waals surface area contributed by atoms with E-state index in [1.807, 2.05) is 18.0 Å². The van der Waals surface area contributed by atoms with Crippen LogP contribution in [-0.4, -0.2) is 50.0 Å². The standard InChI is InChI=1S/C26H34N4O.HI/c1-27-25(29-20-26(13-14-26)17-22-10-6-3-7-11-22)28-18-23-16-24(31)30(19-23)15-12-21-8-4-2-5-9-21;/h2-11,23H,12-20H2,1H3,(H2,27,28,29);1H. The van der Waals surface area contributed by atoms with E-state index in [4.69, 9.17) is 0 Å². The van der Waals surface area contributed by atoms with Gasteiger partial charge < -0.3 is 15.5 Å². The zero-order chi connectivity index (χ0) is 21.5. The van der Waals surface area contributed by atoms with Crippen LogP contribution in [0.3, 0.4) is 0 Å². The average molecular weight is 546 g/mol. The maximum absolute atomic E-state index is 12.4. The second-order valence-corrected chi connectivity index (χ2v) is 9.11. The van der Waals surface area contributed by atoms with Crippen molar-refractivity contribution in [3.05, 3.63) is 71.8 Å². The van der Waals surface area contributed by atoms with E-state index >= 15 is 0 Å². The van der Waals surface area contributed by atoms with Crippen molar-refractivity contribution in [2.75, 3.05) is 33.2 Å². The van der Waals surface area contributed by atoms with E-state index in [0.717, 1.165) is 45.0 Å². The third-order valence-electron chi connectivity index (χ3n) is 6.60. The van der Waals surface area contributed by atoms with Gasteiger partial charge in [-0.3, -0.25) is 9.79 Å². The van der Waals surface area contributed by atoms with E-state index in [0.29, 0.717) is 17.8 Å². The molecule has 5 nitrogen and oxygen atoms in total. The lowest BCUT2D eigenvalue weighted by atomic mass is 9.96. The maximum atomic E-state index is 12.4. The predicted octanol–water partition coefficient (Wildman–Crippen LogP) is 3.88. The van der Waals surface area contributed by atoms with Crippen molar-refractivity contribution >= 4 is 35.8 Å². The molecule has 1 saturated carbocycles. The molecule has 6 heteroatoms.